The summed E-state index contributed by atoms with van der Waals surface area (Å²) in [7, 11) is 1.58. The molecule has 0 saturated heterocycles. The summed E-state index contributed by atoms with van der Waals surface area (Å²) in [6, 6.07) is 12.3. The quantitative estimate of drug-likeness (QED) is 0.258. The highest BCUT2D eigenvalue weighted by atomic mass is 16.5. The average Bonchev–Trinajstić information content (AvgIpc) is 2.77. The number of rotatable bonds is 10. The van der Waals surface area contributed by atoms with Crippen LogP contribution in [0.3, 0.4) is 0 Å². The Morgan fingerprint density at radius 3 is 2.67 bits per heavy atom. The van der Waals surface area contributed by atoms with E-state index >= 15 is 0 Å². The number of para-hydroxylation sites is 1. The van der Waals surface area contributed by atoms with Crippen molar-refractivity contribution in [2.75, 3.05) is 19.0 Å². The van der Waals surface area contributed by atoms with Crippen molar-refractivity contribution in [1.82, 2.24) is 0 Å². The minimum atomic E-state index is -0.329. The van der Waals surface area contributed by atoms with Crippen molar-refractivity contribution in [2.24, 2.45) is 0 Å². The number of methoxy groups -OCH3 is 1. The minimum absolute atomic E-state index is 0.329. The first kappa shape index (κ1) is 22.8. The van der Waals surface area contributed by atoms with Gasteiger partial charge in [-0.3, -0.25) is 9.59 Å². The van der Waals surface area contributed by atoms with E-state index in [1.165, 1.54) is 6.08 Å². The number of hydrogen-bond acceptors (Lipinski definition) is 4. The number of anilines is 1. The van der Waals surface area contributed by atoms with Gasteiger partial charge in [0.1, 0.15) is 0 Å². The van der Waals surface area contributed by atoms with Crippen molar-refractivity contribution in [3.8, 4) is 23.3 Å². The number of carbonyl (C=O) groups is 2. The summed E-state index contributed by atoms with van der Waals surface area (Å²) in [5.41, 5.74) is 1.69. The van der Waals surface area contributed by atoms with Crippen LogP contribution in [-0.2, 0) is 4.79 Å². The Morgan fingerprint density at radius 1 is 1.10 bits per heavy atom. The summed E-state index contributed by atoms with van der Waals surface area (Å²) in [5, 5.41) is 2.70. The molecule has 1 N–H and O–H groups in total. The molecule has 5 heteroatoms. The highest BCUT2D eigenvalue weighted by Gasteiger charge is 2.06. The van der Waals surface area contributed by atoms with Gasteiger partial charge in [-0.05, 0) is 42.3 Å². The van der Waals surface area contributed by atoms with Crippen LogP contribution in [0.25, 0.3) is 6.08 Å². The molecule has 0 aliphatic heterocycles. The van der Waals surface area contributed by atoms with E-state index < -0.39 is 0 Å². The molecule has 2 aromatic rings. The first-order chi connectivity index (χ1) is 14.7. The molecule has 0 aromatic heterocycles. The fraction of sp³-hybridized carbons (Fsp3) is 0.280. The van der Waals surface area contributed by atoms with E-state index in [4.69, 9.17) is 9.47 Å². The largest absolute Gasteiger partial charge is 0.493 e. The van der Waals surface area contributed by atoms with E-state index in [0.29, 0.717) is 42.1 Å². The van der Waals surface area contributed by atoms with E-state index in [9.17, 15) is 9.59 Å². The molecule has 1 amide bonds. The SMILES string of the molecule is CCCCC#CCCOc1cc(/C=C/C(=O)Nc2ccccc2C=O)ccc1OC. The molecule has 156 valence electrons. The lowest BCUT2D eigenvalue weighted by atomic mass is 10.1. The Kier molecular flexibility index (Phi) is 9.75. The summed E-state index contributed by atoms with van der Waals surface area (Å²) in [6.45, 7) is 2.61. The molecule has 5 nitrogen and oxygen atoms in total. The third-order valence-electron chi connectivity index (χ3n) is 4.23. The van der Waals surface area contributed by atoms with Crippen molar-refractivity contribution >= 4 is 24.0 Å². The first-order valence-corrected chi connectivity index (χ1v) is 9.97. The summed E-state index contributed by atoms with van der Waals surface area (Å²) in [4.78, 5) is 23.3. The molecule has 0 saturated carbocycles. The van der Waals surface area contributed by atoms with E-state index in [2.05, 4.69) is 24.1 Å². The lowest BCUT2D eigenvalue weighted by molar-refractivity contribution is -0.111. The Bertz CT molecular complexity index is 938. The number of aldehydes is 1. The van der Waals surface area contributed by atoms with Gasteiger partial charge in [0, 0.05) is 24.5 Å². The van der Waals surface area contributed by atoms with Crippen LogP contribution in [0, 0.1) is 11.8 Å². The Hall–Kier alpha value is -3.52. The van der Waals surface area contributed by atoms with Crippen LogP contribution in [0.4, 0.5) is 5.69 Å². The monoisotopic (exact) mass is 405 g/mol. The molecule has 0 bridgehead atoms. The molecule has 0 unspecified atom stereocenters. The molecule has 0 spiro atoms. The van der Waals surface area contributed by atoms with Crippen molar-refractivity contribution in [3.63, 3.8) is 0 Å². The van der Waals surface area contributed by atoms with Gasteiger partial charge in [-0.15, -0.1) is 5.92 Å². The maximum absolute atomic E-state index is 12.2. The summed E-state index contributed by atoms with van der Waals surface area (Å²) in [6.07, 6.45) is 7.61. The van der Waals surface area contributed by atoms with Gasteiger partial charge in [0.25, 0.3) is 0 Å². The second-order valence-corrected chi connectivity index (χ2v) is 6.49. The van der Waals surface area contributed by atoms with Gasteiger partial charge < -0.3 is 14.8 Å². The number of unbranched alkanes of at least 4 members (excludes halogenated alkanes) is 2. The van der Waals surface area contributed by atoms with E-state index in [1.54, 1.807) is 43.5 Å². The molecule has 0 atom stereocenters. The third kappa shape index (κ3) is 7.48. The number of benzene rings is 2. The normalized spacial score (nSPS) is 10.2. The van der Waals surface area contributed by atoms with Gasteiger partial charge in [0.05, 0.1) is 19.4 Å². The number of carbonyl (C=O) groups excluding carboxylic acids is 2. The summed E-state index contributed by atoms with van der Waals surface area (Å²) in [5.74, 6) is 7.13. The molecule has 30 heavy (non-hydrogen) atoms. The predicted octanol–water partition coefficient (Wildman–Crippen LogP) is 5.12. The second-order valence-electron chi connectivity index (χ2n) is 6.49. The zero-order chi connectivity index (χ0) is 21.6. The first-order valence-electron chi connectivity index (χ1n) is 9.97. The van der Waals surface area contributed by atoms with E-state index in [1.807, 2.05) is 12.1 Å². The fourth-order valence-electron chi connectivity index (χ4n) is 2.62. The van der Waals surface area contributed by atoms with Crippen LogP contribution in [0.5, 0.6) is 11.5 Å². The molecular formula is C25H27NO4. The van der Waals surface area contributed by atoms with Gasteiger partial charge in [0.15, 0.2) is 17.8 Å². The smallest absolute Gasteiger partial charge is 0.248 e. The Labute approximate surface area is 178 Å². The van der Waals surface area contributed by atoms with Gasteiger partial charge in [-0.25, -0.2) is 0 Å². The number of amides is 1. The van der Waals surface area contributed by atoms with Crippen LogP contribution < -0.4 is 14.8 Å². The molecule has 2 rings (SSSR count). The van der Waals surface area contributed by atoms with Crippen molar-refractivity contribution in [2.45, 2.75) is 32.6 Å². The minimum Gasteiger partial charge on any atom is -0.493 e. The number of nitrogens with one attached hydrogen (secondary N) is 1. The predicted molar refractivity (Wildman–Crippen MR) is 120 cm³/mol. The number of hydrogen-bond donors (Lipinski definition) is 1. The average molecular weight is 405 g/mol. The molecule has 0 aliphatic rings. The zero-order valence-corrected chi connectivity index (χ0v) is 17.4. The van der Waals surface area contributed by atoms with Crippen molar-refractivity contribution in [1.29, 1.82) is 0 Å². The topological polar surface area (TPSA) is 64.6 Å². The van der Waals surface area contributed by atoms with Gasteiger partial charge >= 0.3 is 0 Å². The molecule has 0 radical (unpaired) electrons. The van der Waals surface area contributed by atoms with Crippen LogP contribution in [-0.4, -0.2) is 25.9 Å². The third-order valence-corrected chi connectivity index (χ3v) is 4.23. The second kappa shape index (κ2) is 12.8. The Balaban J connectivity index is 1.98. The molecule has 0 heterocycles. The standard InChI is InChI=1S/C25H27NO4/c1-3-4-5-6-7-10-17-30-24-18-20(13-15-23(24)29-2)14-16-25(28)26-22-12-9-8-11-21(22)19-27/h8-9,11-16,18-19H,3-5,10,17H2,1-2H3,(H,26,28)/b16-14+. The molecule has 0 fully saturated rings. The lowest BCUT2D eigenvalue weighted by Crippen LogP contribution is -2.09. The Morgan fingerprint density at radius 2 is 1.90 bits per heavy atom. The van der Waals surface area contributed by atoms with Crippen LogP contribution in [0.2, 0.25) is 0 Å². The number of ether oxygens (including phenoxy) is 2. The zero-order valence-electron chi connectivity index (χ0n) is 17.4. The van der Waals surface area contributed by atoms with Crippen molar-refractivity contribution in [3.05, 3.63) is 59.7 Å². The lowest BCUT2D eigenvalue weighted by Gasteiger charge is -2.10. The highest BCUT2D eigenvalue weighted by Crippen LogP contribution is 2.28. The van der Waals surface area contributed by atoms with Crippen LogP contribution in [0.1, 0.15) is 48.5 Å². The molecule has 0 aliphatic carbocycles. The van der Waals surface area contributed by atoms with Crippen molar-refractivity contribution < 1.29 is 19.1 Å². The molecular weight excluding hydrogens is 378 g/mol. The maximum Gasteiger partial charge on any atom is 0.248 e. The maximum atomic E-state index is 12.2. The van der Waals surface area contributed by atoms with Crippen LogP contribution in [0.15, 0.2) is 48.5 Å². The van der Waals surface area contributed by atoms with Gasteiger partial charge in [0.2, 0.25) is 5.91 Å². The van der Waals surface area contributed by atoms with Gasteiger partial charge in [-0.2, -0.15) is 0 Å². The highest BCUT2D eigenvalue weighted by molar-refractivity contribution is 6.04. The fourth-order valence-corrected chi connectivity index (χ4v) is 2.62. The molecule has 2 aromatic carbocycles. The van der Waals surface area contributed by atoms with Gasteiger partial charge in [-0.1, -0.05) is 37.5 Å². The summed E-state index contributed by atoms with van der Waals surface area (Å²) >= 11 is 0. The van der Waals surface area contributed by atoms with E-state index in [0.717, 1.165) is 24.8 Å². The van der Waals surface area contributed by atoms with Crippen LogP contribution >= 0.6 is 0 Å². The van der Waals surface area contributed by atoms with E-state index in [-0.39, 0.29) is 5.91 Å². The summed E-state index contributed by atoms with van der Waals surface area (Å²) < 4.78 is 11.2.